The van der Waals surface area contributed by atoms with Gasteiger partial charge in [0.1, 0.15) is 23.1 Å². The predicted molar refractivity (Wildman–Crippen MR) is 187 cm³/mol. The molecule has 0 fully saturated rings. The summed E-state index contributed by atoms with van der Waals surface area (Å²) in [4.78, 5) is 10.1. The Balaban J connectivity index is 0. The molecule has 0 amide bonds. The smallest absolute Gasteiger partial charge is 0.145 e. The van der Waals surface area contributed by atoms with Crippen molar-refractivity contribution >= 4 is 29.0 Å². The van der Waals surface area contributed by atoms with E-state index in [1.807, 2.05) is 20.8 Å². The Morgan fingerprint density at radius 1 is 0.750 bits per heavy atom. The summed E-state index contributed by atoms with van der Waals surface area (Å²) in [6.45, 7) is 28.5. The van der Waals surface area contributed by atoms with E-state index in [1.54, 1.807) is 0 Å². The number of carbonyl (C=O) groups excluding carboxylic acids is 1. The average Bonchev–Trinajstić information content (AvgIpc) is 2.91. The molecule has 0 heterocycles. The minimum Gasteiger partial charge on any atom is -0.414 e. The highest BCUT2D eigenvalue weighted by atomic mass is 33.1. The van der Waals surface area contributed by atoms with Crippen LogP contribution in [0.3, 0.4) is 0 Å². The molecule has 0 aromatic heterocycles. The van der Waals surface area contributed by atoms with Crippen LogP contribution in [-0.4, -0.2) is 6.29 Å². The Bertz CT molecular complexity index is 786. The number of aldehydes is 1. The molecule has 236 valence electrons. The molecule has 0 N–H and O–H groups in total. The maximum Gasteiger partial charge on any atom is 0.145 e. The minimum absolute atomic E-state index is 0.0972. The second kappa shape index (κ2) is 23.9. The van der Waals surface area contributed by atoms with Crippen LogP contribution in [0.15, 0.2) is 0 Å². The monoisotopic (exact) mass is 596 g/mol. The van der Waals surface area contributed by atoms with Crippen LogP contribution in [0.2, 0.25) is 0 Å². The van der Waals surface area contributed by atoms with Crippen molar-refractivity contribution in [3.63, 3.8) is 0 Å². The second-order valence-corrected chi connectivity index (χ2v) is 14.0. The standard InChI is InChI=1S/C18H38.C12H18OS2.C6H12O/c1-6-7-8-12-17(4)14-10-15-18(5)13-9-11-16(2)3;1-6-11-9(4)7(2)8(3)10(5)12(11)13-15-14;1-4-6(2,3)5-7/h16-18H,6-15H2,1-5H3;14H,6H2,1-5H3;5H,4H2,1-3H3/t17-,18+;;/m0../s1. The lowest BCUT2D eigenvalue weighted by atomic mass is 9.92. The molecule has 2 nitrogen and oxygen atoms in total. The van der Waals surface area contributed by atoms with Gasteiger partial charge in [0.2, 0.25) is 0 Å². The molecule has 40 heavy (non-hydrogen) atoms. The molecule has 0 aliphatic carbocycles. The maximum absolute atomic E-state index is 10.1. The first-order valence-corrected chi connectivity index (χ1v) is 18.1. The number of thiol groups is 1. The van der Waals surface area contributed by atoms with Gasteiger partial charge >= 0.3 is 0 Å². The molecule has 0 saturated carbocycles. The SMILES string of the molecule is CCC(C)(C)C=O.CCCCC[C@H](C)CCC[C@H](C)CCCC(C)C.CCc1c(C)c(C)c(C)c(C)c1OSS. The Morgan fingerprint density at radius 3 is 1.60 bits per heavy atom. The van der Waals surface area contributed by atoms with Gasteiger partial charge in [0.25, 0.3) is 0 Å². The highest BCUT2D eigenvalue weighted by Crippen LogP contribution is 2.35. The van der Waals surface area contributed by atoms with Crippen LogP contribution in [0.1, 0.15) is 161 Å². The van der Waals surface area contributed by atoms with E-state index >= 15 is 0 Å². The first kappa shape index (κ1) is 41.5. The van der Waals surface area contributed by atoms with Gasteiger partial charge in [0.05, 0.1) is 0 Å². The molecule has 0 spiro atoms. The lowest BCUT2D eigenvalue weighted by Gasteiger charge is -2.18. The zero-order valence-electron chi connectivity index (χ0n) is 29.0. The van der Waals surface area contributed by atoms with E-state index in [1.165, 1.54) is 92.0 Å². The van der Waals surface area contributed by atoms with Crippen molar-refractivity contribution in [1.82, 2.24) is 0 Å². The van der Waals surface area contributed by atoms with Gasteiger partial charge in [-0.2, -0.15) is 0 Å². The zero-order chi connectivity index (χ0) is 31.3. The van der Waals surface area contributed by atoms with Crippen molar-refractivity contribution < 1.29 is 8.98 Å². The first-order valence-electron chi connectivity index (χ1n) is 16.3. The molecule has 1 rings (SSSR count). The summed E-state index contributed by atoms with van der Waals surface area (Å²) in [6.07, 6.45) is 17.3. The van der Waals surface area contributed by atoms with Crippen molar-refractivity contribution in [1.29, 1.82) is 0 Å². The summed E-state index contributed by atoms with van der Waals surface area (Å²) in [7, 11) is 0. The Hall–Kier alpha value is -0.610. The zero-order valence-corrected chi connectivity index (χ0v) is 30.7. The van der Waals surface area contributed by atoms with Crippen molar-refractivity contribution in [2.75, 3.05) is 0 Å². The maximum atomic E-state index is 10.1. The molecule has 0 aliphatic rings. The van der Waals surface area contributed by atoms with Crippen LogP contribution in [0.25, 0.3) is 0 Å². The van der Waals surface area contributed by atoms with Gasteiger partial charge in [-0.1, -0.05) is 138 Å². The second-order valence-electron chi connectivity index (χ2n) is 13.2. The Kier molecular flexibility index (Phi) is 24.8. The van der Waals surface area contributed by atoms with Crippen molar-refractivity contribution in [2.24, 2.45) is 23.2 Å². The lowest BCUT2D eigenvalue weighted by molar-refractivity contribution is -0.114. The molecule has 1 aromatic rings. The van der Waals surface area contributed by atoms with E-state index in [-0.39, 0.29) is 5.41 Å². The van der Waals surface area contributed by atoms with Crippen LogP contribution < -0.4 is 4.18 Å². The molecule has 1 aromatic carbocycles. The number of carbonyl (C=O) groups is 1. The van der Waals surface area contributed by atoms with Crippen LogP contribution in [0.4, 0.5) is 0 Å². The van der Waals surface area contributed by atoms with Crippen LogP contribution in [0.5, 0.6) is 5.75 Å². The number of hydrogen-bond acceptors (Lipinski definition) is 4. The molecule has 0 unspecified atom stereocenters. The lowest BCUT2D eigenvalue weighted by Crippen LogP contribution is -2.09. The number of rotatable bonds is 17. The topological polar surface area (TPSA) is 26.3 Å². The summed E-state index contributed by atoms with van der Waals surface area (Å²) < 4.78 is 5.56. The van der Waals surface area contributed by atoms with Crippen molar-refractivity contribution in [3.8, 4) is 5.75 Å². The van der Waals surface area contributed by atoms with Gasteiger partial charge in [-0.25, -0.2) is 0 Å². The number of unbranched alkanes of at least 4 members (excludes halogenated alkanes) is 2. The molecule has 0 bridgehead atoms. The number of hydrogen-bond donors (Lipinski definition) is 1. The Labute approximate surface area is 261 Å². The third-order valence-corrected chi connectivity index (χ3v) is 9.10. The quantitative estimate of drug-likeness (QED) is 0.0637. The number of benzene rings is 1. The van der Waals surface area contributed by atoms with Crippen LogP contribution in [0, 0.1) is 50.9 Å². The normalized spacial score (nSPS) is 12.7. The third-order valence-electron chi connectivity index (χ3n) is 8.63. The van der Waals surface area contributed by atoms with E-state index < -0.39 is 0 Å². The molecular weight excluding hydrogens is 529 g/mol. The van der Waals surface area contributed by atoms with Gasteiger partial charge in [0, 0.05) is 5.41 Å². The molecule has 0 saturated heterocycles. The molecule has 4 heteroatoms. The molecule has 0 aliphatic heterocycles. The first-order chi connectivity index (χ1) is 18.7. The fourth-order valence-corrected chi connectivity index (χ4v) is 5.26. The van der Waals surface area contributed by atoms with Gasteiger partial charge in [0.15, 0.2) is 0 Å². The van der Waals surface area contributed by atoms with Gasteiger partial charge in [-0.15, -0.1) is 0 Å². The van der Waals surface area contributed by atoms with Gasteiger partial charge in [-0.05, 0) is 86.1 Å². The summed E-state index contributed by atoms with van der Waals surface area (Å²) in [5.41, 5.74) is 6.48. The van der Waals surface area contributed by atoms with E-state index in [0.717, 1.165) is 53.7 Å². The van der Waals surface area contributed by atoms with E-state index in [0.29, 0.717) is 0 Å². The highest BCUT2D eigenvalue weighted by molar-refractivity contribution is 8.66. The van der Waals surface area contributed by atoms with Gasteiger partial charge < -0.3 is 8.98 Å². The van der Waals surface area contributed by atoms with Crippen molar-refractivity contribution in [3.05, 3.63) is 27.8 Å². The largest absolute Gasteiger partial charge is 0.414 e. The van der Waals surface area contributed by atoms with Gasteiger partial charge in [-0.3, -0.25) is 0 Å². The minimum atomic E-state index is -0.0972. The molecule has 0 radical (unpaired) electrons. The fourth-order valence-electron chi connectivity index (χ4n) is 4.74. The molecular formula is C36H68O2S2. The van der Waals surface area contributed by atoms with E-state index in [4.69, 9.17) is 4.18 Å². The average molecular weight is 597 g/mol. The van der Waals surface area contributed by atoms with Crippen LogP contribution in [-0.2, 0) is 11.2 Å². The predicted octanol–water partition coefficient (Wildman–Crippen LogP) is 12.8. The van der Waals surface area contributed by atoms with E-state index in [2.05, 4.69) is 80.9 Å². The summed E-state index contributed by atoms with van der Waals surface area (Å²) in [6, 6.07) is 0. The summed E-state index contributed by atoms with van der Waals surface area (Å²) in [5.74, 6) is 3.79. The fraction of sp³-hybridized carbons (Fsp3) is 0.806. The van der Waals surface area contributed by atoms with Crippen LogP contribution >= 0.6 is 22.7 Å². The third kappa shape index (κ3) is 18.7. The summed E-state index contributed by atoms with van der Waals surface area (Å²) >= 11 is 5.17. The highest BCUT2D eigenvalue weighted by Gasteiger charge is 2.15. The Morgan fingerprint density at radius 2 is 1.23 bits per heavy atom. The van der Waals surface area contributed by atoms with Crippen molar-refractivity contribution in [2.45, 2.75) is 167 Å². The summed E-state index contributed by atoms with van der Waals surface area (Å²) in [5, 5.41) is 0. The van der Waals surface area contributed by atoms with E-state index in [9.17, 15) is 4.79 Å². The molecule has 2 atom stereocenters.